The number of carbonyl (C=O) groups excluding carboxylic acids is 1. The Morgan fingerprint density at radius 1 is 1.71 bits per heavy atom. The second-order valence-electron chi connectivity index (χ2n) is 2.59. The van der Waals surface area contributed by atoms with Gasteiger partial charge >= 0.3 is 5.97 Å². The standard InChI is InChI=1S/C8H12N2O2S2/c1-5-6(8(11)12-2)7(10-9-5)14-4-3-13/h13H,3-4H2,1-2H3,(H,9,10). The molecule has 0 saturated carbocycles. The van der Waals surface area contributed by atoms with Crippen molar-refractivity contribution in [1.29, 1.82) is 0 Å². The molecule has 0 aliphatic rings. The van der Waals surface area contributed by atoms with Crippen molar-refractivity contribution in [2.45, 2.75) is 11.9 Å². The van der Waals surface area contributed by atoms with Crippen molar-refractivity contribution in [1.82, 2.24) is 10.2 Å². The maximum Gasteiger partial charge on any atom is 0.342 e. The predicted octanol–water partition coefficient (Wildman–Crippen LogP) is 1.53. The Kier molecular flexibility index (Phi) is 4.34. The number of hydrogen-bond donors (Lipinski definition) is 2. The lowest BCUT2D eigenvalue weighted by molar-refractivity contribution is 0.0596. The fraction of sp³-hybridized carbons (Fsp3) is 0.500. The number of carbonyl (C=O) groups is 1. The molecular weight excluding hydrogens is 220 g/mol. The average molecular weight is 232 g/mol. The zero-order chi connectivity index (χ0) is 10.6. The summed E-state index contributed by atoms with van der Waals surface area (Å²) in [5.41, 5.74) is 1.26. The number of esters is 1. The number of rotatable bonds is 4. The zero-order valence-corrected chi connectivity index (χ0v) is 9.74. The van der Waals surface area contributed by atoms with Gasteiger partial charge in [-0.25, -0.2) is 4.79 Å². The third-order valence-electron chi connectivity index (χ3n) is 1.63. The van der Waals surface area contributed by atoms with Crippen LogP contribution >= 0.6 is 24.4 Å². The summed E-state index contributed by atoms with van der Waals surface area (Å²) in [7, 11) is 1.36. The van der Waals surface area contributed by atoms with Crippen molar-refractivity contribution < 1.29 is 9.53 Å². The van der Waals surface area contributed by atoms with E-state index in [1.807, 2.05) is 0 Å². The maximum atomic E-state index is 11.4. The Morgan fingerprint density at radius 3 is 3.00 bits per heavy atom. The number of aryl methyl sites for hydroxylation is 1. The zero-order valence-electron chi connectivity index (χ0n) is 8.03. The molecule has 1 heterocycles. The number of methoxy groups -OCH3 is 1. The Balaban J connectivity index is 2.88. The molecule has 1 aromatic heterocycles. The first-order valence-corrected chi connectivity index (χ1v) is 5.69. The summed E-state index contributed by atoms with van der Waals surface area (Å²) in [5, 5.41) is 7.47. The van der Waals surface area contributed by atoms with Gasteiger partial charge < -0.3 is 4.74 Å². The molecule has 4 nitrogen and oxygen atoms in total. The van der Waals surface area contributed by atoms with E-state index in [1.165, 1.54) is 18.9 Å². The van der Waals surface area contributed by atoms with Gasteiger partial charge in [0.1, 0.15) is 10.6 Å². The number of thiol groups is 1. The van der Waals surface area contributed by atoms with Crippen molar-refractivity contribution in [3.8, 4) is 0 Å². The van der Waals surface area contributed by atoms with Crippen LogP contribution < -0.4 is 0 Å². The monoisotopic (exact) mass is 232 g/mol. The molecule has 1 aromatic rings. The summed E-state index contributed by atoms with van der Waals surface area (Å²) in [4.78, 5) is 11.4. The van der Waals surface area contributed by atoms with Crippen molar-refractivity contribution in [2.24, 2.45) is 0 Å². The lowest BCUT2D eigenvalue weighted by Crippen LogP contribution is -2.03. The highest BCUT2D eigenvalue weighted by Crippen LogP contribution is 2.23. The molecule has 1 rings (SSSR count). The molecule has 0 spiro atoms. The molecule has 0 amide bonds. The summed E-state index contributed by atoms with van der Waals surface area (Å²) in [6.07, 6.45) is 0. The second kappa shape index (κ2) is 5.31. The third kappa shape index (κ3) is 2.45. The number of nitrogens with one attached hydrogen (secondary N) is 1. The number of nitrogens with zero attached hydrogens (tertiary/aromatic N) is 1. The molecule has 0 atom stereocenters. The summed E-state index contributed by atoms with van der Waals surface area (Å²) < 4.78 is 4.66. The molecule has 0 fully saturated rings. The van der Waals surface area contributed by atoms with E-state index >= 15 is 0 Å². The van der Waals surface area contributed by atoms with E-state index in [0.717, 1.165) is 17.2 Å². The first kappa shape index (κ1) is 11.5. The minimum atomic E-state index is -0.349. The van der Waals surface area contributed by atoms with Crippen LogP contribution in [0.2, 0.25) is 0 Å². The molecule has 0 saturated heterocycles. The number of H-pyrrole nitrogens is 1. The summed E-state index contributed by atoms with van der Waals surface area (Å²) in [6, 6.07) is 0. The Hall–Kier alpha value is -0.620. The Labute approximate surface area is 92.2 Å². The Bertz CT molecular complexity index is 325. The fourth-order valence-corrected chi connectivity index (χ4v) is 2.05. The Morgan fingerprint density at radius 2 is 2.43 bits per heavy atom. The predicted molar refractivity (Wildman–Crippen MR) is 59.2 cm³/mol. The topological polar surface area (TPSA) is 55.0 Å². The highest BCUT2D eigenvalue weighted by Gasteiger charge is 2.18. The molecule has 0 unspecified atom stereocenters. The van der Waals surface area contributed by atoms with Crippen LogP contribution in [0.4, 0.5) is 0 Å². The van der Waals surface area contributed by atoms with Gasteiger partial charge in [-0.2, -0.15) is 17.7 Å². The van der Waals surface area contributed by atoms with E-state index in [4.69, 9.17) is 0 Å². The molecule has 0 aliphatic carbocycles. The fourth-order valence-electron chi connectivity index (χ4n) is 0.996. The summed E-state index contributed by atoms with van der Waals surface area (Å²) in [5.74, 6) is 1.21. The van der Waals surface area contributed by atoms with Crippen LogP contribution in [0.5, 0.6) is 0 Å². The number of thioether (sulfide) groups is 1. The summed E-state index contributed by atoms with van der Waals surface area (Å²) in [6.45, 7) is 1.80. The van der Waals surface area contributed by atoms with E-state index in [0.29, 0.717) is 10.6 Å². The molecule has 1 N–H and O–H groups in total. The van der Waals surface area contributed by atoms with Gasteiger partial charge in [0, 0.05) is 11.4 Å². The van der Waals surface area contributed by atoms with Crippen LogP contribution in [0.25, 0.3) is 0 Å². The van der Waals surface area contributed by atoms with Crippen molar-refractivity contribution in [2.75, 3.05) is 18.6 Å². The van der Waals surface area contributed by atoms with Gasteiger partial charge in [-0.3, -0.25) is 5.10 Å². The highest BCUT2D eigenvalue weighted by molar-refractivity contribution is 8.00. The minimum absolute atomic E-state index is 0.349. The van der Waals surface area contributed by atoms with E-state index in [-0.39, 0.29) is 5.97 Å². The van der Waals surface area contributed by atoms with Crippen LogP contribution in [0.15, 0.2) is 5.03 Å². The van der Waals surface area contributed by atoms with Gasteiger partial charge in [-0.15, -0.1) is 11.8 Å². The molecule has 0 aliphatic heterocycles. The van der Waals surface area contributed by atoms with E-state index in [2.05, 4.69) is 27.6 Å². The summed E-state index contributed by atoms with van der Waals surface area (Å²) >= 11 is 5.58. The molecule has 0 radical (unpaired) electrons. The number of ether oxygens (including phenoxy) is 1. The lowest BCUT2D eigenvalue weighted by Gasteiger charge is -2.00. The van der Waals surface area contributed by atoms with Crippen LogP contribution in [-0.4, -0.2) is 34.8 Å². The second-order valence-corrected chi connectivity index (χ2v) is 4.12. The average Bonchev–Trinajstić information content (AvgIpc) is 2.55. The molecule has 6 heteroatoms. The first-order valence-electron chi connectivity index (χ1n) is 4.07. The van der Waals surface area contributed by atoms with Gasteiger partial charge in [-0.05, 0) is 12.7 Å². The largest absolute Gasteiger partial charge is 0.465 e. The van der Waals surface area contributed by atoms with E-state index < -0.39 is 0 Å². The van der Waals surface area contributed by atoms with Gasteiger partial charge in [0.15, 0.2) is 0 Å². The quantitative estimate of drug-likeness (QED) is 0.469. The van der Waals surface area contributed by atoms with E-state index in [1.54, 1.807) is 6.92 Å². The van der Waals surface area contributed by atoms with Crippen LogP contribution in [0.1, 0.15) is 16.1 Å². The van der Waals surface area contributed by atoms with Gasteiger partial charge in [-0.1, -0.05) is 0 Å². The molecule has 0 bridgehead atoms. The normalized spacial score (nSPS) is 10.2. The van der Waals surface area contributed by atoms with Crippen molar-refractivity contribution in [3.63, 3.8) is 0 Å². The minimum Gasteiger partial charge on any atom is -0.465 e. The number of aromatic nitrogens is 2. The SMILES string of the molecule is COC(=O)c1c(SCCS)n[nH]c1C. The van der Waals surface area contributed by atoms with Crippen LogP contribution in [-0.2, 0) is 4.74 Å². The van der Waals surface area contributed by atoms with E-state index in [9.17, 15) is 4.79 Å². The number of aromatic amines is 1. The molecule has 0 aromatic carbocycles. The molecule has 14 heavy (non-hydrogen) atoms. The van der Waals surface area contributed by atoms with Crippen LogP contribution in [0.3, 0.4) is 0 Å². The molecular formula is C8H12N2O2S2. The maximum absolute atomic E-state index is 11.4. The molecule has 78 valence electrons. The first-order chi connectivity index (χ1) is 6.70. The number of hydrogen-bond acceptors (Lipinski definition) is 5. The third-order valence-corrected chi connectivity index (χ3v) is 3.14. The van der Waals surface area contributed by atoms with Crippen molar-refractivity contribution >= 4 is 30.4 Å². The van der Waals surface area contributed by atoms with Gasteiger partial charge in [0.05, 0.1) is 7.11 Å². The van der Waals surface area contributed by atoms with Crippen LogP contribution in [0, 0.1) is 6.92 Å². The smallest absolute Gasteiger partial charge is 0.342 e. The van der Waals surface area contributed by atoms with Gasteiger partial charge in [0.25, 0.3) is 0 Å². The van der Waals surface area contributed by atoms with Crippen molar-refractivity contribution in [3.05, 3.63) is 11.3 Å². The lowest BCUT2D eigenvalue weighted by atomic mass is 10.3. The highest BCUT2D eigenvalue weighted by atomic mass is 32.2. The van der Waals surface area contributed by atoms with Gasteiger partial charge in [0.2, 0.25) is 0 Å².